The Hall–Kier alpha value is -2.63. The smallest absolute Gasteiger partial charge is 0.330 e. The van der Waals surface area contributed by atoms with Crippen LogP contribution in [-0.2, 0) is 30.3 Å². The Morgan fingerprint density at radius 1 is 1.14 bits per heavy atom. The van der Waals surface area contributed by atoms with Crippen molar-refractivity contribution in [2.45, 2.75) is 18.9 Å². The van der Waals surface area contributed by atoms with Gasteiger partial charge in [0.25, 0.3) is 0 Å². The van der Waals surface area contributed by atoms with Gasteiger partial charge in [-0.2, -0.15) is 0 Å². The van der Waals surface area contributed by atoms with Crippen LogP contribution in [0.15, 0.2) is 42.5 Å². The third-order valence-corrected chi connectivity index (χ3v) is 2.86. The molecular formula is C16H19NO5. The summed E-state index contributed by atoms with van der Waals surface area (Å²) in [4.78, 5) is 34.6. The lowest BCUT2D eigenvalue weighted by molar-refractivity contribution is -0.145. The van der Waals surface area contributed by atoms with E-state index in [9.17, 15) is 14.4 Å². The van der Waals surface area contributed by atoms with Gasteiger partial charge in [-0.1, -0.05) is 36.4 Å². The number of carbonyl (C=O) groups is 3. The van der Waals surface area contributed by atoms with E-state index >= 15 is 0 Å². The SMILES string of the molecule is COC(=O)/C=C/C[C@@H](NC(=O)Cc1ccccc1)C(=O)OC. The van der Waals surface area contributed by atoms with Gasteiger partial charge >= 0.3 is 11.9 Å². The van der Waals surface area contributed by atoms with Crippen molar-refractivity contribution in [3.8, 4) is 0 Å². The molecule has 0 saturated carbocycles. The largest absolute Gasteiger partial charge is 0.467 e. The number of nitrogens with one attached hydrogen (secondary N) is 1. The average molecular weight is 305 g/mol. The van der Waals surface area contributed by atoms with Crippen LogP contribution in [0.2, 0.25) is 0 Å². The molecule has 0 unspecified atom stereocenters. The van der Waals surface area contributed by atoms with Crippen molar-refractivity contribution in [3.05, 3.63) is 48.0 Å². The predicted molar refractivity (Wildman–Crippen MR) is 79.9 cm³/mol. The van der Waals surface area contributed by atoms with Crippen LogP contribution >= 0.6 is 0 Å². The standard InChI is InChI=1S/C16H19NO5/c1-21-15(19)10-6-9-13(16(20)22-2)17-14(18)11-12-7-4-3-5-8-12/h3-8,10,13H,9,11H2,1-2H3,(H,17,18)/b10-6+/t13-/m1/s1. The summed E-state index contributed by atoms with van der Waals surface area (Å²) in [7, 11) is 2.49. The maximum absolute atomic E-state index is 12.0. The van der Waals surface area contributed by atoms with Gasteiger partial charge in [0.2, 0.25) is 5.91 Å². The molecule has 1 aromatic carbocycles. The van der Waals surface area contributed by atoms with Crippen LogP contribution in [-0.4, -0.2) is 38.1 Å². The van der Waals surface area contributed by atoms with Gasteiger partial charge in [0.15, 0.2) is 0 Å². The van der Waals surface area contributed by atoms with Gasteiger partial charge in [-0.25, -0.2) is 9.59 Å². The van der Waals surface area contributed by atoms with Crippen molar-refractivity contribution in [2.24, 2.45) is 0 Å². The summed E-state index contributed by atoms with van der Waals surface area (Å²) in [6.07, 6.45) is 2.95. The predicted octanol–water partition coefficient (Wildman–Crippen LogP) is 1.01. The molecule has 1 aromatic rings. The lowest BCUT2D eigenvalue weighted by Gasteiger charge is -2.14. The quantitative estimate of drug-likeness (QED) is 0.600. The molecule has 1 atom stereocenters. The first-order valence-corrected chi connectivity index (χ1v) is 6.72. The Balaban J connectivity index is 2.60. The fourth-order valence-electron chi connectivity index (χ4n) is 1.75. The number of esters is 2. The first-order chi connectivity index (χ1) is 10.6. The summed E-state index contributed by atoms with van der Waals surface area (Å²) in [5.41, 5.74) is 0.841. The van der Waals surface area contributed by atoms with Crippen LogP contribution in [0.3, 0.4) is 0 Å². The zero-order valence-electron chi connectivity index (χ0n) is 12.6. The van der Waals surface area contributed by atoms with Crippen LogP contribution in [0.1, 0.15) is 12.0 Å². The van der Waals surface area contributed by atoms with Crippen LogP contribution in [0.25, 0.3) is 0 Å². The molecule has 6 heteroatoms. The van der Waals surface area contributed by atoms with Gasteiger partial charge < -0.3 is 14.8 Å². The Labute approximate surface area is 129 Å². The third-order valence-electron chi connectivity index (χ3n) is 2.86. The van der Waals surface area contributed by atoms with E-state index in [1.165, 1.54) is 26.4 Å². The van der Waals surface area contributed by atoms with E-state index in [4.69, 9.17) is 0 Å². The number of methoxy groups -OCH3 is 2. The fraction of sp³-hybridized carbons (Fsp3) is 0.312. The molecule has 1 rings (SSSR count). The second-order valence-electron chi connectivity index (χ2n) is 4.47. The molecule has 0 spiro atoms. The molecule has 0 radical (unpaired) electrons. The summed E-state index contributed by atoms with van der Waals surface area (Å²) in [5.74, 6) is -1.40. The highest BCUT2D eigenvalue weighted by Crippen LogP contribution is 2.02. The minimum Gasteiger partial charge on any atom is -0.467 e. The number of amides is 1. The topological polar surface area (TPSA) is 81.7 Å². The van der Waals surface area contributed by atoms with E-state index in [0.29, 0.717) is 0 Å². The summed E-state index contributed by atoms with van der Waals surface area (Å²) in [6.45, 7) is 0. The Kier molecular flexibility index (Phi) is 7.39. The van der Waals surface area contributed by atoms with Gasteiger partial charge in [-0.05, 0) is 12.0 Å². The number of benzene rings is 1. The normalized spacial score (nSPS) is 11.7. The molecule has 0 aromatic heterocycles. The Morgan fingerprint density at radius 2 is 1.82 bits per heavy atom. The van der Waals surface area contributed by atoms with E-state index < -0.39 is 18.0 Å². The summed E-state index contributed by atoms with van der Waals surface area (Å²) in [6, 6.07) is 8.32. The van der Waals surface area contributed by atoms with Crippen molar-refractivity contribution >= 4 is 17.8 Å². The molecule has 6 nitrogen and oxygen atoms in total. The molecule has 0 bridgehead atoms. The molecule has 0 saturated heterocycles. The number of carbonyl (C=O) groups excluding carboxylic acids is 3. The van der Waals surface area contributed by atoms with Crippen molar-refractivity contribution in [1.29, 1.82) is 0 Å². The monoisotopic (exact) mass is 305 g/mol. The van der Waals surface area contributed by atoms with Crippen molar-refractivity contribution in [1.82, 2.24) is 5.32 Å². The summed E-state index contributed by atoms with van der Waals surface area (Å²) in [5, 5.41) is 2.59. The van der Waals surface area contributed by atoms with E-state index in [1.54, 1.807) is 0 Å². The van der Waals surface area contributed by atoms with Gasteiger partial charge in [-0.15, -0.1) is 0 Å². The molecule has 1 N–H and O–H groups in total. The number of hydrogen-bond acceptors (Lipinski definition) is 5. The van der Waals surface area contributed by atoms with Gasteiger partial charge in [0.05, 0.1) is 20.6 Å². The second-order valence-corrected chi connectivity index (χ2v) is 4.47. The van der Waals surface area contributed by atoms with E-state index in [1.807, 2.05) is 30.3 Å². The maximum atomic E-state index is 12.0. The minimum absolute atomic E-state index is 0.141. The molecule has 0 aliphatic carbocycles. The minimum atomic E-state index is -0.845. The number of hydrogen-bond donors (Lipinski definition) is 1. The van der Waals surface area contributed by atoms with Crippen molar-refractivity contribution in [2.75, 3.05) is 14.2 Å². The van der Waals surface area contributed by atoms with Crippen LogP contribution < -0.4 is 5.32 Å². The molecular weight excluding hydrogens is 286 g/mol. The van der Waals surface area contributed by atoms with E-state index in [-0.39, 0.29) is 18.7 Å². The van der Waals surface area contributed by atoms with Crippen LogP contribution in [0, 0.1) is 0 Å². The molecule has 0 aliphatic heterocycles. The zero-order valence-corrected chi connectivity index (χ0v) is 12.6. The second kappa shape index (κ2) is 9.33. The van der Waals surface area contributed by atoms with Gasteiger partial charge in [0, 0.05) is 6.08 Å². The van der Waals surface area contributed by atoms with Crippen LogP contribution in [0.4, 0.5) is 0 Å². The summed E-state index contributed by atoms with van der Waals surface area (Å²) < 4.78 is 9.09. The van der Waals surface area contributed by atoms with E-state index in [0.717, 1.165) is 5.56 Å². The highest BCUT2D eigenvalue weighted by atomic mass is 16.5. The fourth-order valence-corrected chi connectivity index (χ4v) is 1.75. The summed E-state index contributed by atoms with van der Waals surface area (Å²) >= 11 is 0. The molecule has 22 heavy (non-hydrogen) atoms. The first-order valence-electron chi connectivity index (χ1n) is 6.72. The van der Waals surface area contributed by atoms with Crippen molar-refractivity contribution in [3.63, 3.8) is 0 Å². The van der Waals surface area contributed by atoms with Gasteiger partial charge in [-0.3, -0.25) is 4.79 Å². The maximum Gasteiger partial charge on any atom is 0.330 e. The number of rotatable bonds is 7. The molecule has 0 fully saturated rings. The molecule has 118 valence electrons. The molecule has 0 heterocycles. The zero-order chi connectivity index (χ0) is 16.4. The third kappa shape index (κ3) is 6.21. The van der Waals surface area contributed by atoms with E-state index in [2.05, 4.69) is 14.8 Å². The lowest BCUT2D eigenvalue weighted by Crippen LogP contribution is -2.41. The van der Waals surface area contributed by atoms with Crippen molar-refractivity contribution < 1.29 is 23.9 Å². The molecule has 1 amide bonds. The highest BCUT2D eigenvalue weighted by molar-refractivity contribution is 5.86. The lowest BCUT2D eigenvalue weighted by atomic mass is 10.1. The first kappa shape index (κ1) is 17.4. The Bertz CT molecular complexity index is 539. The van der Waals surface area contributed by atoms with Gasteiger partial charge in [0.1, 0.15) is 6.04 Å². The molecule has 0 aliphatic rings. The Morgan fingerprint density at radius 3 is 2.41 bits per heavy atom. The van der Waals surface area contributed by atoms with Crippen LogP contribution in [0.5, 0.6) is 0 Å². The average Bonchev–Trinajstić information content (AvgIpc) is 2.53. The highest BCUT2D eigenvalue weighted by Gasteiger charge is 2.20. The number of ether oxygens (including phenoxy) is 2.